The maximum atomic E-state index is 8.02. The Morgan fingerprint density at radius 1 is 1.38 bits per heavy atom. The molecule has 0 spiro atoms. The average Bonchev–Trinajstić information content (AvgIpc) is 2.62. The van der Waals surface area contributed by atoms with Crippen molar-refractivity contribution in [2.45, 2.75) is 0 Å². The highest BCUT2D eigenvalue weighted by molar-refractivity contribution is 9.10. The van der Waals surface area contributed by atoms with Gasteiger partial charge in [-0.2, -0.15) is 4.98 Å². The number of halogens is 2. The molecule has 0 aliphatic rings. The van der Waals surface area contributed by atoms with E-state index in [1.807, 2.05) is 12.1 Å². The number of rotatable bonds is 6. The van der Waals surface area contributed by atoms with Crippen molar-refractivity contribution in [2.75, 3.05) is 32.8 Å². The van der Waals surface area contributed by atoms with E-state index in [9.17, 15) is 0 Å². The van der Waals surface area contributed by atoms with Crippen molar-refractivity contribution in [2.24, 2.45) is 0 Å². The number of nitrogens with one attached hydrogen (secondary N) is 3. The van der Waals surface area contributed by atoms with Gasteiger partial charge in [0.05, 0.1) is 17.2 Å². The molecule has 0 aliphatic heterocycles. The van der Waals surface area contributed by atoms with E-state index in [1.54, 1.807) is 19.4 Å². The summed E-state index contributed by atoms with van der Waals surface area (Å²) in [4.78, 5) is 8.17. The second-order valence-electron chi connectivity index (χ2n) is 5.47. The molecule has 26 heavy (non-hydrogen) atoms. The number of ether oxygens (including phenoxy) is 1. The van der Waals surface area contributed by atoms with Gasteiger partial charge in [0.25, 0.3) is 0 Å². The number of methoxy groups -OCH3 is 1. The van der Waals surface area contributed by atoms with Crippen molar-refractivity contribution in [3.8, 4) is 0 Å². The van der Waals surface area contributed by atoms with Crippen molar-refractivity contribution >= 4 is 63.7 Å². The minimum absolute atomic E-state index is 0.105. The molecule has 0 atom stereocenters. The molecule has 0 fully saturated rings. The summed E-state index contributed by atoms with van der Waals surface area (Å²) in [7, 11) is 2.87. The monoisotopic (exact) mass is 455 g/mol. The Kier molecular flexibility index (Phi) is 7.38. The van der Waals surface area contributed by atoms with Crippen molar-refractivity contribution < 1.29 is 4.74 Å². The number of benzene rings is 1. The molecule has 0 bridgehead atoms. The largest absolute Gasteiger partial charge is 0.481 e. The number of anilines is 2. The lowest BCUT2D eigenvalue weighted by atomic mass is 10.1. The van der Waals surface area contributed by atoms with E-state index in [1.165, 1.54) is 7.11 Å². The van der Waals surface area contributed by atoms with Crippen molar-refractivity contribution in [3.63, 3.8) is 0 Å². The maximum Gasteiger partial charge on any atom is 0.224 e. The minimum atomic E-state index is -0.417. The third-order valence-electron chi connectivity index (χ3n) is 3.50. The Labute approximate surface area is 167 Å². The third kappa shape index (κ3) is 4.93. The molecule has 0 aliphatic carbocycles. The Hall–Kier alpha value is -1.69. The van der Waals surface area contributed by atoms with E-state index in [-0.39, 0.29) is 11.2 Å². The summed E-state index contributed by atoms with van der Waals surface area (Å²) >= 11 is 9.34. The predicted octanol–water partition coefficient (Wildman–Crippen LogP) is 4.19. The highest BCUT2D eigenvalue weighted by Crippen LogP contribution is 2.33. The lowest BCUT2D eigenvalue weighted by Crippen LogP contribution is -2.13. The van der Waals surface area contributed by atoms with Crippen LogP contribution in [0, 0.1) is 5.41 Å². The number of nitrogens with zero attached hydrogens (tertiary/aromatic N) is 2. The van der Waals surface area contributed by atoms with Crippen LogP contribution in [0.25, 0.3) is 5.57 Å². The summed E-state index contributed by atoms with van der Waals surface area (Å²) in [5.41, 5.74) is 2.53. The van der Waals surface area contributed by atoms with Crippen LogP contribution < -0.4 is 15.9 Å². The summed E-state index contributed by atoms with van der Waals surface area (Å²) in [6.45, 7) is 4.34. The van der Waals surface area contributed by atoms with Crippen LogP contribution >= 0.6 is 35.5 Å². The zero-order valence-electron chi connectivity index (χ0n) is 14.9. The van der Waals surface area contributed by atoms with E-state index in [0.717, 1.165) is 21.0 Å². The molecule has 9 heteroatoms. The molecule has 0 amide bonds. The maximum absolute atomic E-state index is 8.02. The molecule has 0 saturated carbocycles. The van der Waals surface area contributed by atoms with Gasteiger partial charge < -0.3 is 15.4 Å². The Morgan fingerprint density at radius 3 is 2.73 bits per heavy atom. The van der Waals surface area contributed by atoms with Gasteiger partial charge in [0.2, 0.25) is 11.2 Å². The van der Waals surface area contributed by atoms with Crippen LogP contribution in [-0.2, 0) is 4.74 Å². The van der Waals surface area contributed by atoms with Gasteiger partial charge in [-0.1, -0.05) is 14.0 Å². The molecule has 1 heterocycles. The van der Waals surface area contributed by atoms with Gasteiger partial charge in [0.15, 0.2) is 0 Å². The van der Waals surface area contributed by atoms with E-state index in [2.05, 4.69) is 55.9 Å². The van der Waals surface area contributed by atoms with E-state index in [4.69, 9.17) is 21.7 Å². The van der Waals surface area contributed by atoms with Crippen LogP contribution in [0.2, 0.25) is 5.28 Å². The van der Waals surface area contributed by atoms with Crippen molar-refractivity contribution in [1.82, 2.24) is 15.3 Å². The molecule has 1 aromatic carbocycles. The van der Waals surface area contributed by atoms with Crippen LogP contribution in [0.5, 0.6) is 0 Å². The minimum Gasteiger partial charge on any atom is -0.481 e. The predicted molar refractivity (Wildman–Crippen MR) is 115 cm³/mol. The third-order valence-corrected chi connectivity index (χ3v) is 5.59. The number of aromatic nitrogens is 2. The van der Waals surface area contributed by atoms with Crippen LogP contribution in [0.3, 0.4) is 0 Å². The molecular weight excluding hydrogens is 437 g/mol. The van der Waals surface area contributed by atoms with Gasteiger partial charge in [-0.15, -0.1) is 0 Å². The molecule has 1 aromatic heterocycles. The lowest BCUT2D eigenvalue weighted by Gasteiger charge is -2.18. The topological polar surface area (TPSA) is 82.9 Å². The molecule has 0 unspecified atom stereocenters. The Bertz CT molecular complexity index is 844. The van der Waals surface area contributed by atoms with Crippen LogP contribution in [0.15, 0.2) is 35.1 Å². The van der Waals surface area contributed by atoms with Gasteiger partial charge >= 0.3 is 0 Å². The van der Waals surface area contributed by atoms with Gasteiger partial charge in [0.1, 0.15) is 5.82 Å². The number of hydrogen-bond donors (Lipinski definition) is 3. The molecule has 0 saturated heterocycles. The zero-order valence-corrected chi connectivity index (χ0v) is 18.1. The second-order valence-corrected chi connectivity index (χ2v) is 8.93. The smallest absolute Gasteiger partial charge is 0.224 e. The summed E-state index contributed by atoms with van der Waals surface area (Å²) in [5.74, 6) is 0.708. The molecule has 6 nitrogen and oxygen atoms in total. The van der Waals surface area contributed by atoms with E-state index < -0.39 is 7.92 Å². The Balaban J connectivity index is 2.48. The molecule has 2 aromatic rings. The SMILES string of the molecule is CN/C=C(\C(=N)OC)c1ccc(Nc2nc(Cl)ncc2Br)c(P(C)C)c1. The highest BCUT2D eigenvalue weighted by Gasteiger charge is 2.15. The first-order valence-electron chi connectivity index (χ1n) is 7.64. The van der Waals surface area contributed by atoms with E-state index in [0.29, 0.717) is 11.4 Å². The summed E-state index contributed by atoms with van der Waals surface area (Å²) < 4.78 is 5.83. The van der Waals surface area contributed by atoms with Gasteiger partial charge in [0, 0.05) is 25.1 Å². The lowest BCUT2D eigenvalue weighted by molar-refractivity contribution is 0.405. The zero-order chi connectivity index (χ0) is 19.3. The average molecular weight is 457 g/mol. The molecule has 3 N–H and O–H groups in total. The summed E-state index contributed by atoms with van der Waals surface area (Å²) in [6, 6.07) is 5.99. The van der Waals surface area contributed by atoms with Crippen molar-refractivity contribution in [1.29, 1.82) is 5.41 Å². The first kappa shape index (κ1) is 20.6. The van der Waals surface area contributed by atoms with E-state index >= 15 is 0 Å². The highest BCUT2D eigenvalue weighted by atomic mass is 79.9. The normalized spacial score (nSPS) is 11.4. The van der Waals surface area contributed by atoms with Crippen LogP contribution in [0.1, 0.15) is 5.56 Å². The summed E-state index contributed by atoms with van der Waals surface area (Å²) in [5, 5.41) is 15.6. The molecule has 2 rings (SSSR count). The van der Waals surface area contributed by atoms with Gasteiger partial charge in [-0.05, 0) is 63.9 Å². The fourth-order valence-electron chi connectivity index (χ4n) is 2.27. The van der Waals surface area contributed by atoms with Gasteiger partial charge in [-0.3, -0.25) is 5.41 Å². The molecular formula is C17H20BrClN5OP. The number of hydrogen-bond acceptors (Lipinski definition) is 6. The molecule has 138 valence electrons. The quantitative estimate of drug-likeness (QED) is 0.263. The molecule has 0 radical (unpaired) electrons. The standard InChI is InChI=1S/C17H20BrClN5OP/c1-21-8-11(15(20)25-2)10-5-6-13(14(7-10)26(3)4)23-16-12(18)9-22-17(19)24-16/h5-9,20-21H,1-4H3,(H,22,23,24)/b11-8-,20-15?. The second kappa shape index (κ2) is 9.31. The fourth-order valence-corrected chi connectivity index (χ4v) is 3.70. The fraction of sp³-hybridized carbons (Fsp3) is 0.235. The first-order chi connectivity index (χ1) is 12.4. The first-order valence-corrected chi connectivity index (χ1v) is 11.0. The van der Waals surface area contributed by atoms with Crippen LogP contribution in [-0.4, -0.2) is 43.4 Å². The summed E-state index contributed by atoms with van der Waals surface area (Å²) in [6.07, 6.45) is 3.37. The van der Waals surface area contributed by atoms with Gasteiger partial charge in [-0.25, -0.2) is 4.98 Å². The Morgan fingerprint density at radius 2 is 2.12 bits per heavy atom. The van der Waals surface area contributed by atoms with Crippen molar-refractivity contribution in [3.05, 3.63) is 45.9 Å². The van der Waals surface area contributed by atoms with Crippen LogP contribution in [0.4, 0.5) is 11.5 Å².